The molecule has 1 atom stereocenters. The van der Waals surface area contributed by atoms with Crippen LogP contribution in [0.5, 0.6) is 0 Å². The minimum absolute atomic E-state index is 0.0927. The van der Waals surface area contributed by atoms with E-state index in [1.165, 1.54) is 0 Å². The number of nitrogens with zero attached hydrogens (tertiary/aromatic N) is 3. The molecule has 0 radical (unpaired) electrons. The Morgan fingerprint density at radius 3 is 2.74 bits per heavy atom. The zero-order valence-electron chi connectivity index (χ0n) is 13.2. The first-order valence-electron chi connectivity index (χ1n) is 8.14. The topological polar surface area (TPSA) is 55.2 Å². The van der Waals surface area contributed by atoms with Crippen molar-refractivity contribution in [3.05, 3.63) is 54.6 Å². The molecule has 1 fully saturated rings. The molecule has 3 rings (SSSR count). The number of piperidine rings is 1. The van der Waals surface area contributed by atoms with Crippen LogP contribution in [-0.2, 0) is 22.3 Å². The van der Waals surface area contributed by atoms with Crippen LogP contribution in [0, 0.1) is 0 Å². The van der Waals surface area contributed by atoms with Crippen molar-refractivity contribution in [2.45, 2.75) is 44.0 Å². The van der Waals surface area contributed by atoms with Crippen LogP contribution in [0.1, 0.15) is 31.2 Å². The highest BCUT2D eigenvalue weighted by atomic mass is 32.2. The van der Waals surface area contributed by atoms with Gasteiger partial charge in [-0.3, -0.25) is 0 Å². The van der Waals surface area contributed by atoms with E-state index < -0.39 is 10.0 Å². The molecule has 0 amide bonds. The van der Waals surface area contributed by atoms with Crippen molar-refractivity contribution < 1.29 is 8.42 Å². The first-order valence-corrected chi connectivity index (χ1v) is 9.75. The van der Waals surface area contributed by atoms with Gasteiger partial charge in [-0.05, 0) is 24.8 Å². The molecule has 0 saturated carbocycles. The third-order valence-corrected chi connectivity index (χ3v) is 6.30. The quantitative estimate of drug-likeness (QED) is 0.816. The number of aryl methyl sites for hydroxylation is 1. The summed E-state index contributed by atoms with van der Waals surface area (Å²) in [5.74, 6) is 0.0927. The van der Waals surface area contributed by atoms with Crippen LogP contribution in [0.4, 0.5) is 0 Å². The molecule has 0 aliphatic carbocycles. The lowest BCUT2D eigenvalue weighted by atomic mass is 10.0. The second-order valence-corrected chi connectivity index (χ2v) is 8.01. The minimum atomic E-state index is -3.27. The zero-order valence-corrected chi connectivity index (χ0v) is 14.0. The molecular weight excluding hydrogens is 310 g/mol. The maximum absolute atomic E-state index is 12.8. The van der Waals surface area contributed by atoms with Gasteiger partial charge in [-0.15, -0.1) is 0 Å². The Labute approximate surface area is 138 Å². The number of aromatic nitrogens is 2. The van der Waals surface area contributed by atoms with Crippen molar-refractivity contribution in [1.82, 2.24) is 13.9 Å². The molecule has 1 aromatic carbocycles. The normalized spacial score (nSPS) is 19.7. The fraction of sp³-hybridized carbons (Fsp3) is 0.471. The summed E-state index contributed by atoms with van der Waals surface area (Å²) in [6, 6.07) is 9.53. The molecular formula is C17H23N3O2S. The van der Waals surface area contributed by atoms with E-state index in [-0.39, 0.29) is 11.8 Å². The van der Waals surface area contributed by atoms with E-state index in [2.05, 4.69) is 4.98 Å². The highest BCUT2D eigenvalue weighted by Gasteiger charge is 2.31. The molecule has 2 heterocycles. The van der Waals surface area contributed by atoms with Gasteiger partial charge < -0.3 is 4.57 Å². The van der Waals surface area contributed by atoms with Crippen LogP contribution in [-0.4, -0.2) is 34.9 Å². The van der Waals surface area contributed by atoms with E-state index in [9.17, 15) is 8.42 Å². The summed E-state index contributed by atoms with van der Waals surface area (Å²) >= 11 is 0. The van der Waals surface area contributed by atoms with Crippen molar-refractivity contribution in [1.29, 1.82) is 0 Å². The molecule has 124 valence electrons. The maximum atomic E-state index is 12.8. The number of benzene rings is 1. The lowest BCUT2D eigenvalue weighted by molar-refractivity contribution is 0.233. The summed E-state index contributed by atoms with van der Waals surface area (Å²) in [5.41, 5.74) is 0.853. The van der Waals surface area contributed by atoms with Gasteiger partial charge >= 0.3 is 0 Å². The van der Waals surface area contributed by atoms with Crippen LogP contribution in [0.25, 0.3) is 0 Å². The minimum Gasteiger partial charge on any atom is -0.337 e. The van der Waals surface area contributed by atoms with Crippen LogP contribution in [0.3, 0.4) is 0 Å². The van der Waals surface area contributed by atoms with Crippen LogP contribution < -0.4 is 0 Å². The molecule has 0 bridgehead atoms. The average molecular weight is 333 g/mol. The molecule has 0 spiro atoms. The molecule has 1 aliphatic rings. The zero-order chi connectivity index (χ0) is 16.1. The SMILES string of the molecule is O=S(=O)(Cc1ccccc1)N1CCCCC1CCn1ccnc1. The van der Waals surface area contributed by atoms with E-state index in [1.807, 2.05) is 41.1 Å². The van der Waals surface area contributed by atoms with E-state index >= 15 is 0 Å². The Balaban J connectivity index is 1.69. The van der Waals surface area contributed by atoms with E-state index in [4.69, 9.17) is 0 Å². The average Bonchev–Trinajstić information content (AvgIpc) is 3.07. The first kappa shape index (κ1) is 16.2. The summed E-state index contributed by atoms with van der Waals surface area (Å²) in [6.07, 6.45) is 9.30. The Bertz CT molecular complexity index is 699. The van der Waals surface area contributed by atoms with Gasteiger partial charge in [0, 0.05) is 31.5 Å². The largest absolute Gasteiger partial charge is 0.337 e. The summed E-state index contributed by atoms with van der Waals surface area (Å²) in [5, 5.41) is 0. The Morgan fingerprint density at radius 2 is 2.00 bits per heavy atom. The third-order valence-electron chi connectivity index (χ3n) is 4.40. The molecule has 1 aliphatic heterocycles. The van der Waals surface area contributed by atoms with Crippen molar-refractivity contribution in [2.24, 2.45) is 0 Å². The number of hydrogen-bond donors (Lipinski definition) is 0. The predicted octanol–water partition coefficient (Wildman–Crippen LogP) is 2.66. The van der Waals surface area contributed by atoms with E-state index in [1.54, 1.807) is 16.8 Å². The second kappa shape index (κ2) is 7.27. The standard InChI is InChI=1S/C17H23N3O2S/c21-23(22,14-16-6-2-1-3-7-16)20-11-5-4-8-17(20)9-12-19-13-10-18-15-19/h1-3,6-7,10,13,15,17H,4-5,8-9,11-12,14H2. The van der Waals surface area contributed by atoms with Gasteiger partial charge in [-0.2, -0.15) is 4.31 Å². The molecule has 1 saturated heterocycles. The van der Waals surface area contributed by atoms with Gasteiger partial charge in [0.2, 0.25) is 10.0 Å². The van der Waals surface area contributed by atoms with E-state index in [0.29, 0.717) is 6.54 Å². The lowest BCUT2D eigenvalue weighted by Crippen LogP contribution is -2.44. The summed E-state index contributed by atoms with van der Waals surface area (Å²) in [6.45, 7) is 1.45. The van der Waals surface area contributed by atoms with E-state index in [0.717, 1.165) is 37.8 Å². The Morgan fingerprint density at radius 1 is 1.17 bits per heavy atom. The highest BCUT2D eigenvalue weighted by Crippen LogP contribution is 2.25. The fourth-order valence-electron chi connectivity index (χ4n) is 3.21. The second-order valence-electron chi connectivity index (χ2n) is 6.09. The van der Waals surface area contributed by atoms with Crippen molar-refractivity contribution in [3.8, 4) is 0 Å². The number of rotatable bonds is 6. The monoisotopic (exact) mass is 333 g/mol. The van der Waals surface area contributed by atoms with Gasteiger partial charge in [0.05, 0.1) is 12.1 Å². The number of sulfonamides is 1. The first-order chi connectivity index (χ1) is 11.1. The van der Waals surface area contributed by atoms with Gasteiger partial charge in [-0.1, -0.05) is 36.8 Å². The van der Waals surface area contributed by atoms with Crippen molar-refractivity contribution in [2.75, 3.05) is 6.54 Å². The lowest BCUT2D eigenvalue weighted by Gasteiger charge is -2.35. The number of imidazole rings is 1. The fourth-order valence-corrected chi connectivity index (χ4v) is 5.07. The van der Waals surface area contributed by atoms with Gasteiger partial charge in [-0.25, -0.2) is 13.4 Å². The van der Waals surface area contributed by atoms with Gasteiger partial charge in [0.1, 0.15) is 0 Å². The van der Waals surface area contributed by atoms with Crippen LogP contribution in [0.2, 0.25) is 0 Å². The molecule has 0 N–H and O–H groups in total. The number of hydrogen-bond acceptors (Lipinski definition) is 3. The predicted molar refractivity (Wildman–Crippen MR) is 90.3 cm³/mol. The molecule has 23 heavy (non-hydrogen) atoms. The third kappa shape index (κ3) is 4.20. The maximum Gasteiger partial charge on any atom is 0.218 e. The van der Waals surface area contributed by atoms with Gasteiger partial charge in [0.25, 0.3) is 0 Å². The Hall–Kier alpha value is -1.66. The van der Waals surface area contributed by atoms with Crippen LogP contribution in [0.15, 0.2) is 49.1 Å². The summed E-state index contributed by atoms with van der Waals surface area (Å²) in [7, 11) is -3.27. The molecule has 2 aromatic rings. The smallest absolute Gasteiger partial charge is 0.218 e. The molecule has 1 unspecified atom stereocenters. The summed E-state index contributed by atoms with van der Waals surface area (Å²) in [4.78, 5) is 4.04. The molecule has 5 nitrogen and oxygen atoms in total. The van der Waals surface area contributed by atoms with Crippen molar-refractivity contribution >= 4 is 10.0 Å². The van der Waals surface area contributed by atoms with Crippen LogP contribution >= 0.6 is 0 Å². The highest BCUT2D eigenvalue weighted by molar-refractivity contribution is 7.88. The van der Waals surface area contributed by atoms with Crippen molar-refractivity contribution in [3.63, 3.8) is 0 Å². The Kier molecular flexibility index (Phi) is 5.13. The van der Waals surface area contributed by atoms with Gasteiger partial charge in [0.15, 0.2) is 0 Å². The summed E-state index contributed by atoms with van der Waals surface area (Å²) < 4.78 is 29.4. The molecule has 1 aromatic heterocycles. The molecule has 6 heteroatoms.